The zero-order valence-corrected chi connectivity index (χ0v) is 14.0. The molecule has 116 valence electrons. The van der Waals surface area contributed by atoms with Crippen molar-refractivity contribution in [1.29, 1.82) is 0 Å². The minimum Gasteiger partial charge on any atom is -0.483 e. The Morgan fingerprint density at radius 2 is 1.68 bits per heavy atom. The minimum atomic E-state index is -0.231. The molecule has 0 heterocycles. The van der Waals surface area contributed by atoms with Crippen LogP contribution in [-0.2, 0) is 4.79 Å². The summed E-state index contributed by atoms with van der Waals surface area (Å²) in [7, 11) is 0. The van der Waals surface area contributed by atoms with Crippen LogP contribution in [0, 0.1) is 27.7 Å². The molecule has 0 unspecified atom stereocenters. The van der Waals surface area contributed by atoms with Crippen molar-refractivity contribution in [2.24, 2.45) is 0 Å². The van der Waals surface area contributed by atoms with Crippen molar-refractivity contribution in [2.75, 3.05) is 11.9 Å². The van der Waals surface area contributed by atoms with Gasteiger partial charge in [0.15, 0.2) is 6.61 Å². The number of amides is 1. The van der Waals surface area contributed by atoms with Crippen LogP contribution < -0.4 is 10.1 Å². The molecule has 0 aliphatic rings. The fourth-order valence-corrected chi connectivity index (χ4v) is 2.72. The molecular formula is C18H20ClNO2. The largest absolute Gasteiger partial charge is 0.483 e. The van der Waals surface area contributed by atoms with Gasteiger partial charge < -0.3 is 10.1 Å². The molecule has 0 radical (unpaired) electrons. The van der Waals surface area contributed by atoms with E-state index in [4.69, 9.17) is 16.3 Å². The number of anilines is 1. The van der Waals surface area contributed by atoms with E-state index in [0.29, 0.717) is 10.7 Å². The molecule has 0 saturated carbocycles. The molecule has 1 N–H and O–H groups in total. The lowest BCUT2D eigenvalue weighted by atomic mass is 10.1. The SMILES string of the molecule is Cc1cc(C)c(OCC(=O)Nc2ccc(C)cc2Cl)c(C)c1. The van der Waals surface area contributed by atoms with Crippen LogP contribution in [0.3, 0.4) is 0 Å². The van der Waals surface area contributed by atoms with Crippen molar-refractivity contribution in [1.82, 2.24) is 0 Å². The second kappa shape index (κ2) is 6.84. The molecule has 3 nitrogen and oxygen atoms in total. The van der Waals surface area contributed by atoms with Crippen LogP contribution >= 0.6 is 11.6 Å². The number of rotatable bonds is 4. The Hall–Kier alpha value is -2.00. The number of hydrogen-bond acceptors (Lipinski definition) is 2. The highest BCUT2D eigenvalue weighted by molar-refractivity contribution is 6.33. The summed E-state index contributed by atoms with van der Waals surface area (Å²) in [6, 6.07) is 9.58. The maximum atomic E-state index is 12.0. The van der Waals surface area contributed by atoms with Crippen molar-refractivity contribution in [2.45, 2.75) is 27.7 Å². The molecule has 0 aromatic heterocycles. The first kappa shape index (κ1) is 16.4. The Morgan fingerprint density at radius 3 is 2.27 bits per heavy atom. The maximum absolute atomic E-state index is 12.0. The fourth-order valence-electron chi connectivity index (χ4n) is 2.44. The third kappa shape index (κ3) is 4.01. The van der Waals surface area contributed by atoms with Gasteiger partial charge in [-0.05, 0) is 56.5 Å². The lowest BCUT2D eigenvalue weighted by molar-refractivity contribution is -0.118. The minimum absolute atomic E-state index is 0.0467. The van der Waals surface area contributed by atoms with Crippen LogP contribution in [0.5, 0.6) is 5.75 Å². The summed E-state index contributed by atoms with van der Waals surface area (Å²) in [5.41, 5.74) is 4.87. The van der Waals surface area contributed by atoms with Gasteiger partial charge in [-0.15, -0.1) is 0 Å². The molecule has 2 aromatic rings. The number of halogens is 1. The predicted molar refractivity (Wildman–Crippen MR) is 91.0 cm³/mol. The number of carbonyl (C=O) groups excluding carboxylic acids is 1. The van der Waals surface area contributed by atoms with E-state index in [9.17, 15) is 4.79 Å². The quantitative estimate of drug-likeness (QED) is 0.895. The molecule has 22 heavy (non-hydrogen) atoms. The second-order valence-corrected chi connectivity index (χ2v) is 5.96. The summed E-state index contributed by atoms with van der Waals surface area (Å²) < 4.78 is 5.67. The molecule has 0 saturated heterocycles. The van der Waals surface area contributed by atoms with E-state index in [1.54, 1.807) is 6.07 Å². The van der Waals surface area contributed by atoms with Crippen LogP contribution in [0.1, 0.15) is 22.3 Å². The third-order valence-electron chi connectivity index (χ3n) is 3.35. The van der Waals surface area contributed by atoms with Crippen LogP contribution in [0.15, 0.2) is 30.3 Å². The first-order valence-electron chi connectivity index (χ1n) is 7.13. The van der Waals surface area contributed by atoms with Crippen LogP contribution in [0.25, 0.3) is 0 Å². The Morgan fingerprint density at radius 1 is 1.05 bits per heavy atom. The van der Waals surface area contributed by atoms with Gasteiger partial charge in [0.1, 0.15) is 5.75 Å². The maximum Gasteiger partial charge on any atom is 0.262 e. The number of benzene rings is 2. The number of nitrogens with one attached hydrogen (secondary N) is 1. The summed E-state index contributed by atoms with van der Waals surface area (Å²) >= 11 is 6.10. The summed E-state index contributed by atoms with van der Waals surface area (Å²) in [6.45, 7) is 7.89. The number of carbonyl (C=O) groups is 1. The molecule has 2 rings (SSSR count). The van der Waals surface area contributed by atoms with E-state index in [2.05, 4.69) is 5.32 Å². The van der Waals surface area contributed by atoms with Gasteiger partial charge in [-0.25, -0.2) is 0 Å². The van der Waals surface area contributed by atoms with Gasteiger partial charge in [-0.1, -0.05) is 35.4 Å². The van der Waals surface area contributed by atoms with Gasteiger partial charge in [0.2, 0.25) is 0 Å². The zero-order chi connectivity index (χ0) is 16.3. The molecule has 0 aliphatic heterocycles. The Balaban J connectivity index is 2.02. The van der Waals surface area contributed by atoms with E-state index in [1.807, 2.05) is 52.0 Å². The first-order valence-corrected chi connectivity index (χ1v) is 7.51. The number of hydrogen-bond donors (Lipinski definition) is 1. The molecule has 0 atom stereocenters. The molecular weight excluding hydrogens is 298 g/mol. The molecule has 4 heteroatoms. The second-order valence-electron chi connectivity index (χ2n) is 5.55. The van der Waals surface area contributed by atoms with Crippen molar-refractivity contribution >= 4 is 23.2 Å². The highest BCUT2D eigenvalue weighted by Gasteiger charge is 2.10. The molecule has 2 aromatic carbocycles. The molecule has 0 aliphatic carbocycles. The van der Waals surface area contributed by atoms with Crippen LogP contribution in [-0.4, -0.2) is 12.5 Å². The number of ether oxygens (including phenoxy) is 1. The van der Waals surface area contributed by atoms with Gasteiger partial charge >= 0.3 is 0 Å². The topological polar surface area (TPSA) is 38.3 Å². The van der Waals surface area contributed by atoms with Gasteiger partial charge in [0.25, 0.3) is 5.91 Å². The summed E-state index contributed by atoms with van der Waals surface area (Å²) in [5.74, 6) is 0.529. The third-order valence-corrected chi connectivity index (χ3v) is 3.66. The van der Waals surface area contributed by atoms with Gasteiger partial charge in [-0.2, -0.15) is 0 Å². The van der Waals surface area contributed by atoms with E-state index >= 15 is 0 Å². The monoisotopic (exact) mass is 317 g/mol. The van der Waals surface area contributed by atoms with Gasteiger partial charge in [-0.3, -0.25) is 4.79 Å². The van der Waals surface area contributed by atoms with Crippen molar-refractivity contribution in [3.63, 3.8) is 0 Å². The summed E-state index contributed by atoms with van der Waals surface area (Å²) in [5, 5.41) is 3.29. The van der Waals surface area contributed by atoms with Crippen LogP contribution in [0.4, 0.5) is 5.69 Å². The molecule has 1 amide bonds. The highest BCUT2D eigenvalue weighted by Crippen LogP contribution is 2.25. The van der Waals surface area contributed by atoms with Gasteiger partial charge in [0.05, 0.1) is 10.7 Å². The van der Waals surface area contributed by atoms with Crippen molar-refractivity contribution in [3.05, 3.63) is 57.6 Å². The predicted octanol–water partition coefficient (Wildman–Crippen LogP) is 4.59. The molecule has 0 bridgehead atoms. The lowest BCUT2D eigenvalue weighted by Gasteiger charge is -2.13. The summed E-state index contributed by atoms with van der Waals surface area (Å²) in [6.07, 6.45) is 0. The van der Waals surface area contributed by atoms with E-state index in [-0.39, 0.29) is 12.5 Å². The van der Waals surface area contributed by atoms with Gasteiger partial charge in [0, 0.05) is 0 Å². The van der Waals surface area contributed by atoms with E-state index in [0.717, 1.165) is 22.4 Å². The van der Waals surface area contributed by atoms with Crippen LogP contribution in [0.2, 0.25) is 5.02 Å². The Bertz CT molecular complexity index is 687. The Labute approximate surface area is 136 Å². The fraction of sp³-hybridized carbons (Fsp3) is 0.278. The average Bonchev–Trinajstić information content (AvgIpc) is 2.40. The number of aryl methyl sites for hydroxylation is 4. The Kier molecular flexibility index (Phi) is 5.09. The lowest BCUT2D eigenvalue weighted by Crippen LogP contribution is -2.21. The van der Waals surface area contributed by atoms with Crippen molar-refractivity contribution < 1.29 is 9.53 Å². The van der Waals surface area contributed by atoms with E-state index < -0.39 is 0 Å². The first-order chi connectivity index (χ1) is 10.4. The zero-order valence-electron chi connectivity index (χ0n) is 13.3. The summed E-state index contributed by atoms with van der Waals surface area (Å²) in [4.78, 5) is 12.0. The van der Waals surface area contributed by atoms with E-state index in [1.165, 1.54) is 5.56 Å². The van der Waals surface area contributed by atoms with Crippen molar-refractivity contribution in [3.8, 4) is 5.75 Å². The standard InChI is InChI=1S/C18H20ClNO2/c1-11-5-6-16(15(19)9-11)20-17(21)10-22-18-13(3)7-12(2)8-14(18)4/h5-9H,10H2,1-4H3,(H,20,21). The smallest absolute Gasteiger partial charge is 0.262 e. The molecule has 0 spiro atoms. The average molecular weight is 318 g/mol. The highest BCUT2D eigenvalue weighted by atomic mass is 35.5. The molecule has 0 fully saturated rings. The normalized spacial score (nSPS) is 10.4.